The second-order valence-corrected chi connectivity index (χ2v) is 4.23. The van der Waals surface area contributed by atoms with E-state index in [-0.39, 0.29) is 0 Å². The second kappa shape index (κ2) is 6.35. The zero-order valence-corrected chi connectivity index (χ0v) is 10.4. The smallest absolute Gasteiger partial charge is 0.341 e. The maximum atomic E-state index is 11.5. The Balaban J connectivity index is 1.97. The molecule has 1 aliphatic heterocycles. The topological polar surface area (TPSA) is 57.7 Å². The van der Waals surface area contributed by atoms with Crippen LogP contribution in [0, 0.1) is 5.92 Å². The zero-order chi connectivity index (χ0) is 12.8. The predicted octanol–water partition coefficient (Wildman–Crippen LogP) is 1.67. The van der Waals surface area contributed by atoms with Crippen molar-refractivity contribution < 1.29 is 19.0 Å². The summed E-state index contributed by atoms with van der Waals surface area (Å²) in [5.41, 5.74) is 0.416. The van der Waals surface area contributed by atoms with Gasteiger partial charge in [0.1, 0.15) is 5.56 Å². The van der Waals surface area contributed by atoms with Crippen LogP contribution < -0.4 is 4.74 Å². The number of methoxy groups -OCH3 is 1. The molecule has 2 heterocycles. The van der Waals surface area contributed by atoms with Crippen molar-refractivity contribution in [3.8, 4) is 5.75 Å². The van der Waals surface area contributed by atoms with Crippen LogP contribution in [0.3, 0.4) is 0 Å². The average Bonchev–Trinajstić information content (AvgIpc) is 2.45. The van der Waals surface area contributed by atoms with Gasteiger partial charge in [-0.3, -0.25) is 4.98 Å². The lowest BCUT2D eigenvalue weighted by atomic mass is 10.0. The molecule has 0 unspecified atom stereocenters. The Bertz CT molecular complexity index is 402. The summed E-state index contributed by atoms with van der Waals surface area (Å²) in [5.74, 6) is 0.555. The van der Waals surface area contributed by atoms with Gasteiger partial charge < -0.3 is 14.2 Å². The molecule has 1 aromatic rings. The van der Waals surface area contributed by atoms with E-state index in [1.165, 1.54) is 7.11 Å². The SMILES string of the molecule is COC(=O)c1ccncc1OCC1CCOCC1. The van der Waals surface area contributed by atoms with E-state index in [2.05, 4.69) is 4.98 Å². The molecular weight excluding hydrogens is 234 g/mol. The molecule has 0 atom stereocenters. The van der Waals surface area contributed by atoms with E-state index in [0.29, 0.717) is 23.8 Å². The number of carbonyl (C=O) groups is 1. The van der Waals surface area contributed by atoms with Gasteiger partial charge in [-0.2, -0.15) is 0 Å². The highest BCUT2D eigenvalue weighted by Gasteiger charge is 2.17. The standard InChI is InChI=1S/C13H17NO4/c1-16-13(15)11-2-5-14-8-12(11)18-9-10-3-6-17-7-4-10/h2,5,8,10H,3-4,6-7,9H2,1H3. The molecule has 0 saturated carbocycles. The van der Waals surface area contributed by atoms with Gasteiger partial charge in [0.2, 0.25) is 0 Å². The first-order chi connectivity index (χ1) is 8.81. The summed E-state index contributed by atoms with van der Waals surface area (Å²) in [4.78, 5) is 15.5. The van der Waals surface area contributed by atoms with Crippen molar-refractivity contribution in [1.29, 1.82) is 0 Å². The summed E-state index contributed by atoms with van der Waals surface area (Å²) in [7, 11) is 1.35. The van der Waals surface area contributed by atoms with Crippen molar-refractivity contribution in [3.63, 3.8) is 0 Å². The summed E-state index contributed by atoms with van der Waals surface area (Å²) in [5, 5.41) is 0. The monoisotopic (exact) mass is 251 g/mol. The number of esters is 1. The Morgan fingerprint density at radius 3 is 3.00 bits per heavy atom. The lowest BCUT2D eigenvalue weighted by Crippen LogP contribution is -2.22. The number of ether oxygens (including phenoxy) is 3. The van der Waals surface area contributed by atoms with Gasteiger partial charge in [0.15, 0.2) is 5.75 Å². The molecule has 1 aliphatic rings. The van der Waals surface area contributed by atoms with E-state index in [1.807, 2.05) is 0 Å². The summed E-state index contributed by atoms with van der Waals surface area (Å²) >= 11 is 0. The van der Waals surface area contributed by atoms with Crippen LogP contribution in [0.25, 0.3) is 0 Å². The molecule has 0 aromatic carbocycles. The van der Waals surface area contributed by atoms with E-state index in [0.717, 1.165) is 26.1 Å². The largest absolute Gasteiger partial charge is 0.491 e. The Morgan fingerprint density at radius 2 is 2.28 bits per heavy atom. The fraction of sp³-hybridized carbons (Fsp3) is 0.538. The number of nitrogens with zero attached hydrogens (tertiary/aromatic N) is 1. The summed E-state index contributed by atoms with van der Waals surface area (Å²) in [6.45, 7) is 2.15. The third-order valence-electron chi connectivity index (χ3n) is 3.01. The van der Waals surface area contributed by atoms with Crippen molar-refractivity contribution in [2.75, 3.05) is 26.9 Å². The second-order valence-electron chi connectivity index (χ2n) is 4.23. The fourth-order valence-corrected chi connectivity index (χ4v) is 1.89. The van der Waals surface area contributed by atoms with Crippen LogP contribution in [-0.2, 0) is 9.47 Å². The van der Waals surface area contributed by atoms with Crippen LogP contribution in [0.5, 0.6) is 5.75 Å². The highest BCUT2D eigenvalue weighted by Crippen LogP contribution is 2.21. The molecule has 0 N–H and O–H groups in total. The predicted molar refractivity (Wildman–Crippen MR) is 64.6 cm³/mol. The van der Waals surface area contributed by atoms with E-state index >= 15 is 0 Å². The molecule has 1 aromatic heterocycles. The lowest BCUT2D eigenvalue weighted by molar-refractivity contribution is 0.0483. The molecule has 2 rings (SSSR count). The van der Waals surface area contributed by atoms with Gasteiger partial charge >= 0.3 is 5.97 Å². The van der Waals surface area contributed by atoms with Gasteiger partial charge in [-0.05, 0) is 24.8 Å². The zero-order valence-electron chi connectivity index (χ0n) is 10.4. The van der Waals surface area contributed by atoms with Crippen LogP contribution in [0.2, 0.25) is 0 Å². The third-order valence-corrected chi connectivity index (χ3v) is 3.01. The molecule has 1 saturated heterocycles. The summed E-state index contributed by atoms with van der Waals surface area (Å²) in [6, 6.07) is 1.60. The minimum absolute atomic E-state index is 0.403. The molecule has 0 spiro atoms. The van der Waals surface area contributed by atoms with Crippen LogP contribution in [0.4, 0.5) is 0 Å². The van der Waals surface area contributed by atoms with E-state index < -0.39 is 5.97 Å². The molecule has 18 heavy (non-hydrogen) atoms. The minimum Gasteiger partial charge on any atom is -0.491 e. The molecule has 0 amide bonds. The van der Waals surface area contributed by atoms with Gasteiger partial charge in [-0.15, -0.1) is 0 Å². The highest BCUT2D eigenvalue weighted by molar-refractivity contribution is 5.92. The average molecular weight is 251 g/mol. The number of hydrogen-bond acceptors (Lipinski definition) is 5. The van der Waals surface area contributed by atoms with Gasteiger partial charge in [-0.25, -0.2) is 4.79 Å². The Hall–Kier alpha value is -1.62. The van der Waals surface area contributed by atoms with Crippen molar-refractivity contribution in [3.05, 3.63) is 24.0 Å². The van der Waals surface area contributed by atoms with Crippen molar-refractivity contribution >= 4 is 5.97 Å². The highest BCUT2D eigenvalue weighted by atomic mass is 16.5. The van der Waals surface area contributed by atoms with Crippen LogP contribution in [0.15, 0.2) is 18.5 Å². The number of aromatic nitrogens is 1. The normalized spacial score (nSPS) is 16.3. The molecule has 0 aliphatic carbocycles. The first-order valence-electron chi connectivity index (χ1n) is 6.04. The van der Waals surface area contributed by atoms with E-state index in [9.17, 15) is 4.79 Å². The summed E-state index contributed by atoms with van der Waals surface area (Å²) < 4.78 is 15.7. The van der Waals surface area contributed by atoms with Gasteiger partial charge in [0, 0.05) is 19.4 Å². The number of pyridine rings is 1. The number of rotatable bonds is 4. The Kier molecular flexibility index (Phi) is 4.52. The number of hydrogen-bond donors (Lipinski definition) is 0. The van der Waals surface area contributed by atoms with Crippen molar-refractivity contribution in [2.24, 2.45) is 5.92 Å². The molecule has 5 nitrogen and oxygen atoms in total. The van der Waals surface area contributed by atoms with Gasteiger partial charge in [0.25, 0.3) is 0 Å². The molecule has 5 heteroatoms. The Labute approximate surface area is 106 Å². The van der Waals surface area contributed by atoms with Crippen LogP contribution >= 0.6 is 0 Å². The maximum Gasteiger partial charge on any atom is 0.341 e. The van der Waals surface area contributed by atoms with E-state index in [1.54, 1.807) is 18.5 Å². The first-order valence-corrected chi connectivity index (χ1v) is 6.04. The molecule has 0 bridgehead atoms. The van der Waals surface area contributed by atoms with Gasteiger partial charge in [-0.1, -0.05) is 0 Å². The van der Waals surface area contributed by atoms with Crippen molar-refractivity contribution in [2.45, 2.75) is 12.8 Å². The maximum absolute atomic E-state index is 11.5. The molecule has 98 valence electrons. The van der Waals surface area contributed by atoms with Crippen LogP contribution in [-0.4, -0.2) is 37.9 Å². The molecule has 1 fully saturated rings. The fourth-order valence-electron chi connectivity index (χ4n) is 1.89. The minimum atomic E-state index is -0.403. The molecule has 0 radical (unpaired) electrons. The van der Waals surface area contributed by atoms with E-state index in [4.69, 9.17) is 14.2 Å². The third kappa shape index (κ3) is 3.20. The molecular formula is C13H17NO4. The number of carbonyl (C=O) groups excluding carboxylic acids is 1. The quantitative estimate of drug-likeness (QED) is 0.762. The Morgan fingerprint density at radius 1 is 1.50 bits per heavy atom. The van der Waals surface area contributed by atoms with Gasteiger partial charge in [0.05, 0.1) is 19.9 Å². The van der Waals surface area contributed by atoms with Crippen molar-refractivity contribution in [1.82, 2.24) is 4.98 Å². The first kappa shape index (κ1) is 12.8. The lowest BCUT2D eigenvalue weighted by Gasteiger charge is -2.22. The van der Waals surface area contributed by atoms with Crippen LogP contribution in [0.1, 0.15) is 23.2 Å². The summed E-state index contributed by atoms with van der Waals surface area (Å²) in [6.07, 6.45) is 5.08.